The largest absolute Gasteiger partial charge is 0.508 e. The molecule has 0 aliphatic carbocycles. The first-order valence-electron chi connectivity index (χ1n) is 13.1. The Morgan fingerprint density at radius 3 is 2.29 bits per heavy atom. The molecule has 0 saturated carbocycles. The normalized spacial score (nSPS) is 20.7. The lowest BCUT2D eigenvalue weighted by Crippen LogP contribution is -2.57. The SMILES string of the molecule is N[C@@H](Cc1ccc(O)cc1)C(=O)N1CCC[C@H]1C(=O)N[C@@H](Cc1ccccc1)C(=S)N1CCC[C@H]1B(O)O. The Morgan fingerprint density at radius 1 is 0.974 bits per heavy atom. The fourth-order valence-corrected chi connectivity index (χ4v) is 5.75. The van der Waals surface area contributed by atoms with Gasteiger partial charge in [0.25, 0.3) is 0 Å². The van der Waals surface area contributed by atoms with E-state index in [1.54, 1.807) is 34.1 Å². The minimum absolute atomic E-state index is 0.140. The lowest BCUT2D eigenvalue weighted by Gasteiger charge is -2.33. The lowest BCUT2D eigenvalue weighted by molar-refractivity contribution is -0.139. The number of carbonyl (C=O) groups excluding carboxylic acids is 2. The van der Waals surface area contributed by atoms with Crippen molar-refractivity contribution in [3.8, 4) is 5.75 Å². The van der Waals surface area contributed by atoms with Crippen LogP contribution in [-0.2, 0) is 22.4 Å². The first-order chi connectivity index (χ1) is 18.2. The molecule has 0 radical (unpaired) electrons. The van der Waals surface area contributed by atoms with Gasteiger partial charge in [-0.25, -0.2) is 0 Å². The highest BCUT2D eigenvalue weighted by atomic mass is 32.1. The molecule has 0 unspecified atom stereocenters. The summed E-state index contributed by atoms with van der Waals surface area (Å²) in [6, 6.07) is 14.2. The second kappa shape index (κ2) is 12.7. The molecule has 2 saturated heterocycles. The van der Waals surface area contributed by atoms with Gasteiger partial charge in [-0.15, -0.1) is 0 Å². The second-order valence-electron chi connectivity index (χ2n) is 10.1. The van der Waals surface area contributed by atoms with Gasteiger partial charge < -0.3 is 36.0 Å². The van der Waals surface area contributed by atoms with E-state index in [0.29, 0.717) is 50.2 Å². The fraction of sp³-hybridized carbons (Fsp3) is 0.444. The number of benzene rings is 2. The van der Waals surface area contributed by atoms with Crippen LogP contribution < -0.4 is 11.1 Å². The van der Waals surface area contributed by atoms with Crippen LogP contribution in [-0.4, -0.2) is 86.0 Å². The fourth-order valence-electron chi connectivity index (χ4n) is 5.38. The van der Waals surface area contributed by atoms with E-state index in [0.717, 1.165) is 17.5 Å². The number of nitrogens with zero attached hydrogens (tertiary/aromatic N) is 2. The first kappa shape index (κ1) is 28.0. The van der Waals surface area contributed by atoms with Crippen LogP contribution in [0.3, 0.4) is 0 Å². The van der Waals surface area contributed by atoms with E-state index >= 15 is 0 Å². The third-order valence-corrected chi connectivity index (χ3v) is 7.89. The number of carbonyl (C=O) groups is 2. The third kappa shape index (κ3) is 6.71. The van der Waals surface area contributed by atoms with E-state index in [4.69, 9.17) is 18.0 Å². The van der Waals surface area contributed by atoms with Crippen molar-refractivity contribution in [2.24, 2.45) is 5.73 Å². The Hall–Kier alpha value is -2.99. The smallest absolute Gasteiger partial charge is 0.475 e. The number of thiocarbonyl (C=S) groups is 1. The second-order valence-corrected chi connectivity index (χ2v) is 10.5. The van der Waals surface area contributed by atoms with Gasteiger partial charge in [0.05, 0.1) is 18.0 Å². The summed E-state index contributed by atoms with van der Waals surface area (Å²) in [6.07, 6.45) is 3.33. The van der Waals surface area contributed by atoms with Crippen molar-refractivity contribution in [3.63, 3.8) is 0 Å². The predicted molar refractivity (Wildman–Crippen MR) is 149 cm³/mol. The molecule has 0 aromatic heterocycles. The van der Waals surface area contributed by atoms with Gasteiger partial charge in [0.15, 0.2) is 0 Å². The van der Waals surface area contributed by atoms with Crippen LogP contribution in [0, 0.1) is 0 Å². The van der Waals surface area contributed by atoms with Crippen molar-refractivity contribution in [3.05, 3.63) is 65.7 Å². The molecule has 2 fully saturated rings. The Balaban J connectivity index is 1.47. The Labute approximate surface area is 228 Å². The highest BCUT2D eigenvalue weighted by Crippen LogP contribution is 2.23. The molecular formula is C27H35BN4O5S. The van der Waals surface area contributed by atoms with Crippen molar-refractivity contribution in [1.82, 2.24) is 15.1 Å². The molecule has 202 valence electrons. The van der Waals surface area contributed by atoms with E-state index in [2.05, 4.69) is 5.32 Å². The average molecular weight is 538 g/mol. The minimum Gasteiger partial charge on any atom is -0.508 e. The van der Waals surface area contributed by atoms with Crippen molar-refractivity contribution >= 4 is 36.1 Å². The summed E-state index contributed by atoms with van der Waals surface area (Å²) in [5, 5.41) is 32.3. The third-order valence-electron chi connectivity index (χ3n) is 7.37. The Bertz CT molecular complexity index is 1120. The zero-order valence-electron chi connectivity index (χ0n) is 21.3. The summed E-state index contributed by atoms with van der Waals surface area (Å²) >= 11 is 5.80. The topological polar surface area (TPSA) is 139 Å². The van der Waals surface area contributed by atoms with Gasteiger partial charge in [0.1, 0.15) is 16.8 Å². The van der Waals surface area contributed by atoms with Gasteiger partial charge in [0.2, 0.25) is 11.8 Å². The number of hydrogen-bond donors (Lipinski definition) is 5. The van der Waals surface area contributed by atoms with E-state index in [1.807, 2.05) is 30.3 Å². The maximum Gasteiger partial charge on any atom is 0.475 e. The molecule has 2 aromatic rings. The maximum absolute atomic E-state index is 13.6. The number of phenolic OH excluding ortho intramolecular Hbond substituents is 1. The van der Waals surface area contributed by atoms with Crippen LogP contribution in [0.2, 0.25) is 0 Å². The van der Waals surface area contributed by atoms with Crippen molar-refractivity contribution in [1.29, 1.82) is 0 Å². The van der Waals surface area contributed by atoms with Gasteiger partial charge in [-0.1, -0.05) is 54.7 Å². The summed E-state index contributed by atoms with van der Waals surface area (Å²) in [5.74, 6) is -0.959. The van der Waals surface area contributed by atoms with E-state index in [9.17, 15) is 24.7 Å². The molecular weight excluding hydrogens is 503 g/mol. The van der Waals surface area contributed by atoms with E-state index < -0.39 is 31.2 Å². The van der Waals surface area contributed by atoms with Crippen LogP contribution in [0.5, 0.6) is 5.75 Å². The van der Waals surface area contributed by atoms with Crippen LogP contribution in [0.4, 0.5) is 0 Å². The van der Waals surface area contributed by atoms with Gasteiger partial charge >= 0.3 is 7.12 Å². The van der Waals surface area contributed by atoms with Gasteiger partial charge in [-0.2, -0.15) is 0 Å². The Morgan fingerprint density at radius 2 is 1.61 bits per heavy atom. The quantitative estimate of drug-likeness (QED) is 0.233. The van der Waals surface area contributed by atoms with Crippen LogP contribution in [0.1, 0.15) is 36.8 Å². The summed E-state index contributed by atoms with van der Waals surface area (Å²) < 4.78 is 0. The number of hydrogen-bond acceptors (Lipinski definition) is 7. The van der Waals surface area contributed by atoms with Crippen LogP contribution in [0.15, 0.2) is 54.6 Å². The molecule has 2 amide bonds. The van der Waals surface area contributed by atoms with Crippen molar-refractivity contribution < 1.29 is 24.7 Å². The summed E-state index contributed by atoms with van der Waals surface area (Å²) in [5.41, 5.74) is 8.05. The van der Waals surface area contributed by atoms with Gasteiger partial charge in [-0.05, 0) is 61.8 Å². The van der Waals surface area contributed by atoms with E-state index in [-0.39, 0.29) is 17.6 Å². The zero-order valence-corrected chi connectivity index (χ0v) is 22.1. The van der Waals surface area contributed by atoms with E-state index in [1.165, 1.54) is 0 Å². The number of nitrogens with two attached hydrogens (primary N) is 1. The molecule has 0 bridgehead atoms. The Kier molecular flexibility index (Phi) is 9.37. The lowest BCUT2D eigenvalue weighted by atomic mass is 9.77. The molecule has 2 aromatic carbocycles. The number of phenols is 1. The van der Waals surface area contributed by atoms with Crippen molar-refractivity contribution in [2.45, 2.75) is 62.6 Å². The number of aromatic hydroxyl groups is 1. The monoisotopic (exact) mass is 538 g/mol. The number of nitrogens with one attached hydrogen (secondary N) is 1. The highest BCUT2D eigenvalue weighted by Gasteiger charge is 2.40. The molecule has 2 aliphatic heterocycles. The first-order valence-corrected chi connectivity index (χ1v) is 13.5. The molecule has 4 rings (SSSR count). The summed E-state index contributed by atoms with van der Waals surface area (Å²) in [4.78, 5) is 30.6. The molecule has 2 heterocycles. The predicted octanol–water partition coefficient (Wildman–Crippen LogP) is 0.784. The minimum atomic E-state index is -1.53. The summed E-state index contributed by atoms with van der Waals surface area (Å²) in [6.45, 7) is 1.03. The zero-order chi connectivity index (χ0) is 27.2. The van der Waals surface area contributed by atoms with Crippen molar-refractivity contribution in [2.75, 3.05) is 13.1 Å². The van der Waals surface area contributed by atoms with Gasteiger partial charge in [0, 0.05) is 13.1 Å². The molecule has 0 spiro atoms. The maximum atomic E-state index is 13.6. The number of amides is 2. The number of likely N-dealkylation sites (tertiary alicyclic amines) is 2. The molecule has 2 aliphatic rings. The van der Waals surface area contributed by atoms with Crippen LogP contribution in [0.25, 0.3) is 0 Å². The highest BCUT2D eigenvalue weighted by molar-refractivity contribution is 7.80. The molecule has 9 nitrogen and oxygen atoms in total. The molecule has 6 N–H and O–H groups in total. The molecule has 11 heteroatoms. The summed E-state index contributed by atoms with van der Waals surface area (Å²) in [7, 11) is -1.53. The average Bonchev–Trinajstić information content (AvgIpc) is 3.60. The van der Waals surface area contributed by atoms with Crippen LogP contribution >= 0.6 is 12.2 Å². The number of rotatable bonds is 9. The van der Waals surface area contributed by atoms with Gasteiger partial charge in [-0.3, -0.25) is 9.59 Å². The molecule has 4 atom stereocenters. The standard InChI is InChI=1S/C27H35BN4O5S/c29-21(16-19-10-12-20(33)13-11-19)26(35)31-14-4-8-23(31)25(34)30-22(17-18-6-2-1-3-7-18)27(38)32-15-5-9-24(32)28(36)37/h1-3,6-7,10-13,21-24,33,36-37H,4-5,8-9,14-17,29H2,(H,30,34)/t21-,22-,23-,24-/m0/s1. The molecule has 38 heavy (non-hydrogen) atoms.